The Labute approximate surface area is 144 Å². The van der Waals surface area contributed by atoms with Crippen LogP contribution >= 0.6 is 0 Å². The lowest BCUT2D eigenvalue weighted by Crippen LogP contribution is -1.86. The Hall–Kier alpha value is -3.20. The van der Waals surface area contributed by atoms with E-state index in [9.17, 15) is 0 Å². The van der Waals surface area contributed by atoms with Crippen molar-refractivity contribution in [2.24, 2.45) is 0 Å². The maximum Gasteiger partial charge on any atom is 0.235 e. The lowest BCUT2D eigenvalue weighted by molar-refractivity contribution is 0.351. The first-order chi connectivity index (χ1) is 12.3. The number of benzene rings is 4. The third-order valence-electron chi connectivity index (χ3n) is 5.02. The molecule has 0 spiro atoms. The second-order valence-electron chi connectivity index (χ2n) is 6.22. The fraction of sp³-hybridized carbons (Fsp3) is 0.0909. The van der Waals surface area contributed by atoms with Crippen molar-refractivity contribution >= 4 is 43.2 Å². The van der Waals surface area contributed by atoms with Crippen molar-refractivity contribution in [2.45, 2.75) is 0 Å². The zero-order chi connectivity index (χ0) is 17.0. The number of fused-ring (bicyclic) bond motifs is 7. The van der Waals surface area contributed by atoms with E-state index < -0.39 is 0 Å². The topological polar surface area (TPSA) is 34.2 Å². The highest BCUT2D eigenvalue weighted by Crippen LogP contribution is 2.41. The van der Waals surface area contributed by atoms with Gasteiger partial charge < -0.3 is 14.5 Å². The highest BCUT2D eigenvalue weighted by atomic mass is 16.5. The fourth-order valence-electron chi connectivity index (χ4n) is 3.87. The van der Waals surface area contributed by atoms with E-state index in [-0.39, 0.29) is 0 Å². The van der Waals surface area contributed by atoms with Gasteiger partial charge in [-0.25, -0.2) is 0 Å². The lowest BCUT2D eigenvalue weighted by atomic mass is 9.96. The van der Waals surface area contributed by atoms with Crippen LogP contribution in [0.4, 0.5) is 0 Å². The molecule has 25 heavy (non-hydrogen) atoms. The summed E-state index contributed by atoms with van der Waals surface area (Å²) in [6.45, 7) is 0. The van der Waals surface area contributed by atoms with Crippen LogP contribution in [-0.4, -0.2) is 19.2 Å². The molecule has 0 atom stereocenters. The van der Waals surface area contributed by atoms with Crippen LogP contribution in [0.5, 0.6) is 11.6 Å². The maximum atomic E-state index is 5.53. The highest BCUT2D eigenvalue weighted by Gasteiger charge is 2.15. The predicted octanol–water partition coefficient (Wildman–Crippen LogP) is 5.64. The Balaban J connectivity index is 1.95. The smallest absolute Gasteiger partial charge is 0.235 e. The van der Waals surface area contributed by atoms with Gasteiger partial charge in [-0.3, -0.25) is 0 Å². The Morgan fingerprint density at radius 2 is 1.24 bits per heavy atom. The SMILES string of the molecule is COc1[nH]c2c(ccc3c4ccc5ccccc5c4ccc32)c1OC. The minimum Gasteiger partial charge on any atom is -0.491 e. The first-order valence-corrected chi connectivity index (χ1v) is 8.28. The fourth-order valence-corrected chi connectivity index (χ4v) is 3.87. The molecule has 5 aromatic rings. The average molecular weight is 327 g/mol. The summed E-state index contributed by atoms with van der Waals surface area (Å²) in [5.41, 5.74) is 1.04. The van der Waals surface area contributed by atoms with E-state index in [4.69, 9.17) is 9.47 Å². The second kappa shape index (κ2) is 5.15. The van der Waals surface area contributed by atoms with E-state index in [1.54, 1.807) is 14.2 Å². The molecule has 0 fully saturated rings. The van der Waals surface area contributed by atoms with Crippen molar-refractivity contribution in [3.63, 3.8) is 0 Å². The Morgan fingerprint density at radius 3 is 2.04 bits per heavy atom. The van der Waals surface area contributed by atoms with E-state index >= 15 is 0 Å². The van der Waals surface area contributed by atoms with Gasteiger partial charge >= 0.3 is 0 Å². The number of hydrogen-bond donors (Lipinski definition) is 1. The molecule has 0 aliphatic carbocycles. The van der Waals surface area contributed by atoms with Crippen LogP contribution in [0.15, 0.2) is 60.7 Å². The molecule has 4 aromatic carbocycles. The quantitative estimate of drug-likeness (QED) is 0.425. The molecule has 0 aliphatic rings. The molecule has 1 aromatic heterocycles. The van der Waals surface area contributed by atoms with Gasteiger partial charge in [0.25, 0.3) is 0 Å². The third-order valence-corrected chi connectivity index (χ3v) is 5.02. The summed E-state index contributed by atoms with van der Waals surface area (Å²) in [7, 11) is 3.32. The summed E-state index contributed by atoms with van der Waals surface area (Å²) in [4.78, 5) is 3.36. The maximum absolute atomic E-state index is 5.53. The van der Waals surface area contributed by atoms with E-state index in [2.05, 4.69) is 65.6 Å². The summed E-state index contributed by atoms with van der Waals surface area (Å²) in [6.07, 6.45) is 0. The zero-order valence-electron chi connectivity index (χ0n) is 14.1. The van der Waals surface area contributed by atoms with Crippen molar-refractivity contribution < 1.29 is 9.47 Å². The summed E-state index contributed by atoms with van der Waals surface area (Å²) in [5, 5.41) is 8.50. The first kappa shape index (κ1) is 14.2. The molecular formula is C22H17NO2. The van der Waals surface area contributed by atoms with Crippen LogP contribution in [0.2, 0.25) is 0 Å². The summed E-state index contributed by atoms with van der Waals surface area (Å²) >= 11 is 0. The number of rotatable bonds is 2. The molecule has 122 valence electrons. The largest absolute Gasteiger partial charge is 0.491 e. The van der Waals surface area contributed by atoms with Crippen molar-refractivity contribution in [2.75, 3.05) is 14.2 Å². The van der Waals surface area contributed by atoms with Gasteiger partial charge in [-0.05, 0) is 33.0 Å². The molecule has 0 unspecified atom stereocenters. The molecule has 0 aliphatic heterocycles. The third kappa shape index (κ3) is 1.86. The minimum absolute atomic E-state index is 0.656. The summed E-state index contributed by atoms with van der Waals surface area (Å²) in [5.74, 6) is 1.40. The number of aromatic nitrogens is 1. The first-order valence-electron chi connectivity index (χ1n) is 8.28. The molecule has 5 rings (SSSR count). The Bertz CT molecular complexity index is 1270. The van der Waals surface area contributed by atoms with Crippen molar-refractivity contribution in [1.29, 1.82) is 0 Å². The monoisotopic (exact) mass is 327 g/mol. The molecule has 1 N–H and O–H groups in total. The summed E-state index contributed by atoms with van der Waals surface area (Å²) < 4.78 is 11.0. The molecule has 0 bridgehead atoms. The van der Waals surface area contributed by atoms with Crippen LogP contribution < -0.4 is 9.47 Å². The molecule has 3 nitrogen and oxygen atoms in total. The molecule has 0 amide bonds. The number of H-pyrrole nitrogens is 1. The van der Waals surface area contributed by atoms with Crippen LogP contribution in [0.3, 0.4) is 0 Å². The van der Waals surface area contributed by atoms with Gasteiger partial charge in [0.2, 0.25) is 5.88 Å². The van der Waals surface area contributed by atoms with Gasteiger partial charge in [0.05, 0.1) is 19.7 Å². The lowest BCUT2D eigenvalue weighted by Gasteiger charge is -2.08. The molecule has 3 heteroatoms. The normalized spacial score (nSPS) is 11.6. The van der Waals surface area contributed by atoms with E-state index in [0.29, 0.717) is 5.88 Å². The zero-order valence-corrected chi connectivity index (χ0v) is 14.1. The summed E-state index contributed by atoms with van der Waals surface area (Å²) in [6, 6.07) is 21.6. The van der Waals surface area contributed by atoms with Gasteiger partial charge in [0.1, 0.15) is 0 Å². The van der Waals surface area contributed by atoms with Gasteiger partial charge in [-0.1, -0.05) is 54.6 Å². The van der Waals surface area contributed by atoms with Crippen molar-refractivity contribution in [3.8, 4) is 11.6 Å². The van der Waals surface area contributed by atoms with Crippen LogP contribution in [0.1, 0.15) is 0 Å². The average Bonchev–Trinajstić information content (AvgIpc) is 3.05. The van der Waals surface area contributed by atoms with Gasteiger partial charge in [0.15, 0.2) is 5.75 Å². The van der Waals surface area contributed by atoms with Crippen LogP contribution in [-0.2, 0) is 0 Å². The second-order valence-corrected chi connectivity index (χ2v) is 6.22. The number of methoxy groups -OCH3 is 2. The number of nitrogens with one attached hydrogen (secondary N) is 1. The van der Waals surface area contributed by atoms with E-state index in [1.807, 2.05) is 0 Å². The Kier molecular flexibility index (Phi) is 2.92. The van der Waals surface area contributed by atoms with E-state index in [0.717, 1.165) is 16.7 Å². The standard InChI is InChI=1S/C22H17NO2/c1-24-21-19-12-10-17-16-8-7-13-5-3-4-6-14(13)15(16)9-11-18(17)20(19)23-22(21)25-2/h3-12,23H,1-2H3. The molecule has 0 radical (unpaired) electrons. The van der Waals surface area contributed by atoms with Crippen LogP contribution in [0, 0.1) is 0 Å². The number of hydrogen-bond acceptors (Lipinski definition) is 2. The van der Waals surface area contributed by atoms with Gasteiger partial charge in [-0.15, -0.1) is 0 Å². The molecule has 1 heterocycles. The minimum atomic E-state index is 0.656. The highest BCUT2D eigenvalue weighted by molar-refractivity contribution is 6.22. The van der Waals surface area contributed by atoms with Crippen LogP contribution in [0.25, 0.3) is 43.2 Å². The number of ether oxygens (including phenoxy) is 2. The van der Waals surface area contributed by atoms with Gasteiger partial charge in [-0.2, -0.15) is 0 Å². The predicted molar refractivity (Wildman–Crippen MR) is 104 cm³/mol. The van der Waals surface area contributed by atoms with Gasteiger partial charge in [0, 0.05) is 10.8 Å². The Morgan fingerprint density at radius 1 is 0.600 bits per heavy atom. The molecule has 0 saturated heterocycles. The number of aromatic amines is 1. The molecular weight excluding hydrogens is 310 g/mol. The van der Waals surface area contributed by atoms with Crippen molar-refractivity contribution in [3.05, 3.63) is 60.7 Å². The van der Waals surface area contributed by atoms with Crippen molar-refractivity contribution in [1.82, 2.24) is 4.98 Å². The molecule has 0 saturated carbocycles. The van der Waals surface area contributed by atoms with E-state index in [1.165, 1.54) is 32.3 Å².